The first-order valence-corrected chi connectivity index (χ1v) is 10.7. The van der Waals surface area contributed by atoms with Gasteiger partial charge < -0.3 is 5.32 Å². The van der Waals surface area contributed by atoms with E-state index in [1.807, 2.05) is 0 Å². The minimum Gasteiger partial charge on any atom is -0.304 e. The Balaban J connectivity index is 1.50. The maximum atomic E-state index is 14.7. The lowest BCUT2D eigenvalue weighted by atomic mass is 9.79. The van der Waals surface area contributed by atoms with Crippen molar-refractivity contribution in [3.8, 4) is 22.6 Å². The van der Waals surface area contributed by atoms with Crippen molar-refractivity contribution in [1.29, 1.82) is 10.5 Å². The molecule has 1 saturated carbocycles. The number of halogens is 1. The molecule has 1 saturated heterocycles. The van der Waals surface area contributed by atoms with Crippen LogP contribution in [0.15, 0.2) is 30.3 Å². The number of Topliss-reactive ketones (excluding diaryl/α,β-unsaturated/α-hetero) is 1. The number of carbonyl (C=O) groups excluding carboxylic acids is 1. The summed E-state index contributed by atoms with van der Waals surface area (Å²) in [5.41, 5.74) is 1.06. The van der Waals surface area contributed by atoms with Gasteiger partial charge in [-0.15, -0.1) is 11.3 Å². The highest BCUT2D eigenvalue weighted by molar-refractivity contribution is 7.16. The molecule has 4 nitrogen and oxygen atoms in total. The van der Waals surface area contributed by atoms with E-state index in [-0.39, 0.29) is 24.2 Å². The summed E-state index contributed by atoms with van der Waals surface area (Å²) in [4.78, 5) is 14.4. The van der Waals surface area contributed by atoms with E-state index in [9.17, 15) is 14.4 Å². The number of nitrogens with zero attached hydrogens (tertiary/aromatic N) is 2. The summed E-state index contributed by atoms with van der Waals surface area (Å²) >= 11 is 1.31. The molecule has 1 aliphatic heterocycles. The van der Waals surface area contributed by atoms with Crippen LogP contribution in [0.2, 0.25) is 0 Å². The second-order valence-corrected chi connectivity index (χ2v) is 9.32. The van der Waals surface area contributed by atoms with Gasteiger partial charge >= 0.3 is 0 Å². The first-order chi connectivity index (χ1) is 13.9. The van der Waals surface area contributed by atoms with Crippen molar-refractivity contribution in [3.05, 3.63) is 46.6 Å². The smallest absolute Gasteiger partial charge is 0.167 e. The fourth-order valence-corrected chi connectivity index (χ4v) is 5.65. The van der Waals surface area contributed by atoms with Gasteiger partial charge in [0.15, 0.2) is 5.78 Å². The Hall–Kier alpha value is -2.54. The zero-order valence-corrected chi connectivity index (χ0v) is 17.2. The molecule has 0 radical (unpaired) electrons. The molecular formula is C23H22FN3OS. The number of carbonyl (C=O) groups is 1. The number of nitrogens with one attached hydrogen (secondary N) is 1. The van der Waals surface area contributed by atoms with Crippen LogP contribution in [0.1, 0.15) is 30.7 Å². The zero-order valence-electron chi connectivity index (χ0n) is 16.4. The summed E-state index contributed by atoms with van der Waals surface area (Å²) in [5.74, 6) is -0.145. The number of nitriles is 2. The molecule has 1 N–H and O–H groups in total. The molecule has 2 fully saturated rings. The van der Waals surface area contributed by atoms with E-state index >= 15 is 0 Å². The van der Waals surface area contributed by atoms with Crippen molar-refractivity contribution >= 4 is 17.1 Å². The monoisotopic (exact) mass is 407 g/mol. The second-order valence-electron chi connectivity index (χ2n) is 8.24. The van der Waals surface area contributed by atoms with Crippen molar-refractivity contribution in [3.63, 3.8) is 0 Å². The topological polar surface area (TPSA) is 76.7 Å². The highest BCUT2D eigenvalue weighted by Crippen LogP contribution is 2.45. The molecule has 4 rings (SSSR count). The van der Waals surface area contributed by atoms with Crippen molar-refractivity contribution in [1.82, 2.24) is 5.32 Å². The zero-order chi connectivity index (χ0) is 20.7. The maximum absolute atomic E-state index is 14.7. The molecular weight excluding hydrogens is 385 g/mol. The van der Waals surface area contributed by atoms with Crippen LogP contribution < -0.4 is 5.32 Å². The molecule has 1 aromatic heterocycles. The SMILES string of the molecule is C[C@@H]1[C@H](C)[C@@H]2C[C@H]1[C@@H](C(=O)[C@H](C#N)Cc1ccc(-c3ccc(C#N)s3)cc1F)N2. The lowest BCUT2D eigenvalue weighted by molar-refractivity contribution is -0.125. The fraction of sp³-hybridized carbons (Fsp3) is 0.435. The number of benzene rings is 1. The first-order valence-electron chi connectivity index (χ1n) is 9.91. The molecule has 2 bridgehead atoms. The van der Waals surface area contributed by atoms with Crippen LogP contribution >= 0.6 is 11.3 Å². The Morgan fingerprint density at radius 2 is 2.07 bits per heavy atom. The highest BCUT2D eigenvalue weighted by atomic mass is 32.1. The second kappa shape index (κ2) is 7.71. The normalized spacial score (nSPS) is 28.7. The minimum absolute atomic E-state index is 0.0782. The van der Waals surface area contributed by atoms with Gasteiger partial charge in [0.25, 0.3) is 0 Å². The molecule has 148 valence electrons. The average molecular weight is 408 g/mol. The minimum atomic E-state index is -0.860. The van der Waals surface area contributed by atoms with Crippen molar-refractivity contribution in [2.45, 2.75) is 38.8 Å². The van der Waals surface area contributed by atoms with E-state index in [2.05, 4.69) is 31.3 Å². The van der Waals surface area contributed by atoms with E-state index in [0.717, 1.165) is 11.3 Å². The van der Waals surface area contributed by atoms with Crippen LogP contribution in [0, 0.1) is 52.2 Å². The molecule has 29 heavy (non-hydrogen) atoms. The standard InChI is InChI=1S/C23H22FN3OS/c1-12-13(2)20-9-18(12)22(27-20)23(28)16(10-25)7-14-3-4-15(8-19(14)24)21-6-5-17(11-26)29-21/h3-6,8,12-13,16,18,20,22,27H,7,9H2,1-2H3/t12-,13+,16+,18-,20+,22+/m1/s1. The maximum Gasteiger partial charge on any atom is 0.167 e. The third-order valence-electron chi connectivity index (χ3n) is 6.77. The Morgan fingerprint density at radius 1 is 1.28 bits per heavy atom. The highest BCUT2D eigenvalue weighted by Gasteiger charge is 2.51. The van der Waals surface area contributed by atoms with Gasteiger partial charge in [0, 0.05) is 10.9 Å². The number of piperidine rings is 1. The number of fused-ring (bicyclic) bond motifs is 2. The summed E-state index contributed by atoms with van der Waals surface area (Å²) in [6.45, 7) is 4.38. The van der Waals surface area contributed by atoms with Gasteiger partial charge in [-0.3, -0.25) is 4.79 Å². The fourth-order valence-electron chi connectivity index (χ4n) is 4.85. The van der Waals surface area contributed by atoms with Crippen LogP contribution in [-0.4, -0.2) is 17.9 Å². The molecule has 2 heterocycles. The molecule has 0 unspecified atom stereocenters. The van der Waals surface area contributed by atoms with E-state index in [1.54, 1.807) is 24.3 Å². The predicted molar refractivity (Wildman–Crippen MR) is 109 cm³/mol. The lowest BCUT2D eigenvalue weighted by Crippen LogP contribution is -2.50. The van der Waals surface area contributed by atoms with Crippen LogP contribution in [-0.2, 0) is 11.2 Å². The summed E-state index contributed by atoms with van der Waals surface area (Å²) in [6.07, 6.45) is 1.06. The van der Waals surface area contributed by atoms with Crippen molar-refractivity contribution in [2.75, 3.05) is 0 Å². The van der Waals surface area contributed by atoms with Gasteiger partial charge in [0.2, 0.25) is 0 Å². The van der Waals surface area contributed by atoms with Crippen LogP contribution in [0.5, 0.6) is 0 Å². The number of hydrogen-bond donors (Lipinski definition) is 1. The summed E-state index contributed by atoms with van der Waals surface area (Å²) in [5, 5.41) is 22.0. The lowest BCUT2D eigenvalue weighted by Gasteiger charge is -2.32. The summed E-state index contributed by atoms with van der Waals surface area (Å²) in [6, 6.07) is 12.6. The van der Waals surface area contributed by atoms with Gasteiger partial charge in [0.1, 0.15) is 22.7 Å². The molecule has 0 amide bonds. The van der Waals surface area contributed by atoms with E-state index < -0.39 is 11.7 Å². The molecule has 2 aromatic rings. The van der Waals surface area contributed by atoms with E-state index in [1.165, 1.54) is 17.4 Å². The van der Waals surface area contributed by atoms with Crippen LogP contribution in [0.4, 0.5) is 4.39 Å². The number of ketones is 1. The van der Waals surface area contributed by atoms with Crippen molar-refractivity contribution in [2.24, 2.45) is 23.7 Å². The van der Waals surface area contributed by atoms with Gasteiger partial charge in [-0.2, -0.15) is 10.5 Å². The number of thiophene rings is 1. The van der Waals surface area contributed by atoms with Crippen LogP contribution in [0.3, 0.4) is 0 Å². The Labute approximate surface area is 174 Å². The third kappa shape index (κ3) is 3.48. The quantitative estimate of drug-likeness (QED) is 0.801. The number of rotatable bonds is 5. The van der Waals surface area contributed by atoms with E-state index in [4.69, 9.17) is 5.26 Å². The summed E-state index contributed by atoms with van der Waals surface area (Å²) < 4.78 is 14.7. The number of hydrogen-bond acceptors (Lipinski definition) is 5. The molecule has 1 aliphatic carbocycles. The summed E-state index contributed by atoms with van der Waals surface area (Å²) in [7, 11) is 0. The average Bonchev–Trinajstić information content (AvgIpc) is 3.43. The van der Waals surface area contributed by atoms with Crippen molar-refractivity contribution < 1.29 is 9.18 Å². The van der Waals surface area contributed by atoms with Gasteiger partial charge in [-0.25, -0.2) is 4.39 Å². The Kier molecular flexibility index (Phi) is 5.25. The molecule has 1 aromatic carbocycles. The first kappa shape index (κ1) is 19.8. The molecule has 6 atom stereocenters. The third-order valence-corrected chi connectivity index (χ3v) is 7.81. The van der Waals surface area contributed by atoms with Crippen LogP contribution in [0.25, 0.3) is 10.4 Å². The van der Waals surface area contributed by atoms with E-state index in [0.29, 0.717) is 33.9 Å². The van der Waals surface area contributed by atoms with Gasteiger partial charge in [-0.05, 0) is 59.9 Å². The Bertz CT molecular complexity index is 1030. The largest absolute Gasteiger partial charge is 0.304 e. The molecule has 0 spiro atoms. The predicted octanol–water partition coefficient (Wildman–Crippen LogP) is 4.31. The Morgan fingerprint density at radius 3 is 2.66 bits per heavy atom. The van der Waals surface area contributed by atoms with Gasteiger partial charge in [-0.1, -0.05) is 26.0 Å². The molecule has 6 heteroatoms. The van der Waals surface area contributed by atoms with Gasteiger partial charge in [0.05, 0.1) is 12.1 Å². The molecule has 2 aliphatic rings.